The molecule has 5 nitrogen and oxygen atoms in total. The highest BCUT2D eigenvalue weighted by Crippen LogP contribution is 2.23. The fraction of sp³-hybridized carbons (Fsp3) is 0.263. The largest absolute Gasteiger partial charge is 0.471 e. The molecule has 0 unspecified atom stereocenters. The molecule has 1 heterocycles. The van der Waals surface area contributed by atoms with Gasteiger partial charge in [-0.1, -0.05) is 36.4 Å². The summed E-state index contributed by atoms with van der Waals surface area (Å²) in [5.41, 5.74) is 0.148. The summed E-state index contributed by atoms with van der Waals surface area (Å²) >= 11 is 0. The van der Waals surface area contributed by atoms with Crippen molar-refractivity contribution >= 4 is 10.8 Å². The topological polar surface area (TPSA) is 64.1 Å². The van der Waals surface area contributed by atoms with Gasteiger partial charge in [-0.2, -0.15) is 0 Å². The molecule has 0 spiro atoms. The third-order valence-corrected chi connectivity index (χ3v) is 4.00. The van der Waals surface area contributed by atoms with Crippen LogP contribution in [0.15, 0.2) is 58.1 Å². The molecule has 0 aliphatic rings. The van der Waals surface area contributed by atoms with Crippen LogP contribution in [0.2, 0.25) is 0 Å². The molecular formula is C19H20N2O3. The number of hydrogen-bond donors (Lipinski definition) is 1. The number of fused-ring (bicyclic) bond motifs is 1. The number of hydrogen-bond acceptors (Lipinski definition) is 3. The number of rotatable bonds is 4. The Bertz CT molecular complexity index is 954. The average molecular weight is 324 g/mol. The van der Waals surface area contributed by atoms with Gasteiger partial charge in [0.1, 0.15) is 6.10 Å². The minimum Gasteiger partial charge on any atom is -0.471 e. The lowest BCUT2D eigenvalue weighted by molar-refractivity contribution is 0.215. The van der Waals surface area contributed by atoms with Crippen LogP contribution in [0.1, 0.15) is 38.5 Å². The monoisotopic (exact) mass is 324 g/mol. The van der Waals surface area contributed by atoms with E-state index in [9.17, 15) is 9.59 Å². The van der Waals surface area contributed by atoms with Crippen LogP contribution in [-0.2, 0) is 0 Å². The first-order valence-electron chi connectivity index (χ1n) is 7.97. The van der Waals surface area contributed by atoms with Crippen molar-refractivity contribution in [3.8, 4) is 5.88 Å². The van der Waals surface area contributed by atoms with Crippen LogP contribution < -0.4 is 16.0 Å². The third kappa shape index (κ3) is 3.11. The van der Waals surface area contributed by atoms with E-state index >= 15 is 0 Å². The SMILES string of the molecule is CC(C)n1c(=O)cc(O[C@@H](C)c2ccc3ccccc3c2)[nH]c1=O. The van der Waals surface area contributed by atoms with E-state index in [4.69, 9.17) is 4.74 Å². The maximum atomic E-state index is 12.1. The van der Waals surface area contributed by atoms with Gasteiger partial charge in [-0.25, -0.2) is 4.79 Å². The predicted molar refractivity (Wildman–Crippen MR) is 94.7 cm³/mol. The van der Waals surface area contributed by atoms with Crippen molar-refractivity contribution in [2.45, 2.75) is 32.9 Å². The molecule has 5 heteroatoms. The molecule has 1 atom stereocenters. The van der Waals surface area contributed by atoms with Gasteiger partial charge in [0, 0.05) is 6.04 Å². The zero-order valence-electron chi connectivity index (χ0n) is 13.9. The van der Waals surface area contributed by atoms with Crippen LogP contribution in [0.3, 0.4) is 0 Å². The second-order valence-corrected chi connectivity index (χ2v) is 6.11. The second-order valence-electron chi connectivity index (χ2n) is 6.11. The summed E-state index contributed by atoms with van der Waals surface area (Å²) in [5, 5.41) is 2.27. The van der Waals surface area contributed by atoms with Crippen LogP contribution in [-0.4, -0.2) is 9.55 Å². The molecule has 0 saturated carbocycles. The van der Waals surface area contributed by atoms with Gasteiger partial charge >= 0.3 is 5.69 Å². The molecule has 0 fully saturated rings. The highest BCUT2D eigenvalue weighted by Gasteiger charge is 2.12. The maximum Gasteiger partial charge on any atom is 0.331 e. The Kier molecular flexibility index (Phi) is 4.25. The van der Waals surface area contributed by atoms with Crippen LogP contribution in [0, 0.1) is 0 Å². The number of aromatic amines is 1. The molecule has 1 aromatic heterocycles. The molecule has 0 radical (unpaired) electrons. The number of ether oxygens (including phenoxy) is 1. The predicted octanol–water partition coefficient (Wildman–Crippen LogP) is 3.41. The van der Waals surface area contributed by atoms with Gasteiger partial charge in [0.15, 0.2) is 0 Å². The normalized spacial score (nSPS) is 12.5. The van der Waals surface area contributed by atoms with E-state index in [1.807, 2.05) is 49.4 Å². The van der Waals surface area contributed by atoms with Gasteiger partial charge < -0.3 is 4.74 Å². The summed E-state index contributed by atoms with van der Waals surface area (Å²) in [5.74, 6) is 0.183. The smallest absolute Gasteiger partial charge is 0.331 e. The molecule has 24 heavy (non-hydrogen) atoms. The number of nitrogens with zero attached hydrogens (tertiary/aromatic N) is 1. The third-order valence-electron chi connectivity index (χ3n) is 4.00. The lowest BCUT2D eigenvalue weighted by atomic mass is 10.0. The average Bonchev–Trinajstić information content (AvgIpc) is 2.53. The second kappa shape index (κ2) is 6.35. The van der Waals surface area contributed by atoms with E-state index in [2.05, 4.69) is 4.98 Å². The first-order chi connectivity index (χ1) is 11.5. The molecule has 0 saturated heterocycles. The van der Waals surface area contributed by atoms with E-state index in [1.165, 1.54) is 6.07 Å². The van der Waals surface area contributed by atoms with Crippen LogP contribution in [0.4, 0.5) is 0 Å². The Morgan fingerprint density at radius 3 is 2.33 bits per heavy atom. The fourth-order valence-corrected chi connectivity index (χ4v) is 2.76. The van der Waals surface area contributed by atoms with Crippen molar-refractivity contribution in [2.24, 2.45) is 0 Å². The zero-order chi connectivity index (χ0) is 17.3. The molecule has 0 aliphatic carbocycles. The zero-order valence-corrected chi connectivity index (χ0v) is 13.9. The van der Waals surface area contributed by atoms with Crippen molar-refractivity contribution in [1.29, 1.82) is 0 Å². The number of H-pyrrole nitrogens is 1. The van der Waals surface area contributed by atoms with Crippen molar-refractivity contribution in [1.82, 2.24) is 9.55 Å². The van der Waals surface area contributed by atoms with Crippen molar-refractivity contribution < 1.29 is 4.74 Å². The van der Waals surface area contributed by atoms with Crippen molar-refractivity contribution in [2.75, 3.05) is 0 Å². The van der Waals surface area contributed by atoms with Gasteiger partial charge in [0.25, 0.3) is 5.56 Å². The van der Waals surface area contributed by atoms with Gasteiger partial charge in [-0.15, -0.1) is 0 Å². The molecule has 0 aliphatic heterocycles. The van der Waals surface area contributed by atoms with Crippen molar-refractivity contribution in [3.05, 3.63) is 74.9 Å². The fourth-order valence-electron chi connectivity index (χ4n) is 2.76. The molecule has 2 aromatic carbocycles. The Morgan fingerprint density at radius 2 is 1.67 bits per heavy atom. The van der Waals surface area contributed by atoms with E-state index in [0.29, 0.717) is 0 Å². The summed E-state index contributed by atoms with van der Waals surface area (Å²) in [6.45, 7) is 5.46. The number of benzene rings is 2. The summed E-state index contributed by atoms with van der Waals surface area (Å²) in [7, 11) is 0. The Hall–Kier alpha value is -2.82. The van der Waals surface area contributed by atoms with Gasteiger partial charge in [-0.3, -0.25) is 14.3 Å². The maximum absolute atomic E-state index is 12.1. The Balaban J connectivity index is 1.90. The molecule has 3 rings (SSSR count). The van der Waals surface area contributed by atoms with E-state index in [0.717, 1.165) is 20.9 Å². The van der Waals surface area contributed by atoms with Gasteiger partial charge in [0.2, 0.25) is 5.88 Å². The van der Waals surface area contributed by atoms with Crippen molar-refractivity contribution in [3.63, 3.8) is 0 Å². The first kappa shape index (κ1) is 16.1. The minimum absolute atomic E-state index is 0.183. The lowest BCUT2D eigenvalue weighted by Gasteiger charge is -2.16. The summed E-state index contributed by atoms with van der Waals surface area (Å²) < 4.78 is 6.94. The molecule has 0 bridgehead atoms. The highest BCUT2D eigenvalue weighted by atomic mass is 16.5. The van der Waals surface area contributed by atoms with E-state index in [1.54, 1.807) is 13.8 Å². The summed E-state index contributed by atoms with van der Waals surface area (Å²) in [4.78, 5) is 26.7. The molecular weight excluding hydrogens is 304 g/mol. The van der Waals surface area contributed by atoms with Crippen LogP contribution >= 0.6 is 0 Å². The first-order valence-corrected chi connectivity index (χ1v) is 7.97. The lowest BCUT2D eigenvalue weighted by Crippen LogP contribution is -2.36. The summed E-state index contributed by atoms with van der Waals surface area (Å²) in [6, 6.07) is 15.3. The Labute approximate surface area is 139 Å². The molecule has 0 amide bonds. The number of aromatic nitrogens is 2. The number of nitrogens with one attached hydrogen (secondary N) is 1. The molecule has 1 N–H and O–H groups in total. The standard InChI is InChI=1S/C19H20N2O3/c1-12(2)21-18(22)11-17(20-19(21)23)24-13(3)15-9-8-14-6-4-5-7-16(14)10-15/h4-13H,1-3H3,(H,20,23)/t13-/m0/s1. The highest BCUT2D eigenvalue weighted by molar-refractivity contribution is 5.83. The van der Waals surface area contributed by atoms with E-state index in [-0.39, 0.29) is 23.6 Å². The van der Waals surface area contributed by atoms with Crippen LogP contribution in [0.25, 0.3) is 10.8 Å². The quantitative estimate of drug-likeness (QED) is 0.800. The summed E-state index contributed by atoms with van der Waals surface area (Å²) in [6.07, 6.45) is -0.292. The van der Waals surface area contributed by atoms with E-state index < -0.39 is 5.69 Å². The Morgan fingerprint density at radius 1 is 0.958 bits per heavy atom. The minimum atomic E-state index is -0.460. The van der Waals surface area contributed by atoms with Gasteiger partial charge in [-0.05, 0) is 43.2 Å². The molecule has 124 valence electrons. The molecule has 3 aromatic rings. The van der Waals surface area contributed by atoms with Crippen LogP contribution in [0.5, 0.6) is 5.88 Å². The van der Waals surface area contributed by atoms with Gasteiger partial charge in [0.05, 0.1) is 6.07 Å².